The zero-order valence-electron chi connectivity index (χ0n) is 10.5. The van der Waals surface area contributed by atoms with E-state index in [4.69, 9.17) is 0 Å². The Morgan fingerprint density at radius 2 is 1.80 bits per heavy atom. The normalized spacial score (nSPS) is 20.1. The summed E-state index contributed by atoms with van der Waals surface area (Å²) in [6.07, 6.45) is 1.73. The predicted molar refractivity (Wildman–Crippen MR) is 62.8 cm³/mol. The molecule has 0 atom stereocenters. The van der Waals surface area contributed by atoms with Crippen molar-refractivity contribution in [2.24, 2.45) is 0 Å². The summed E-state index contributed by atoms with van der Waals surface area (Å²) in [7, 11) is 0. The number of hydrogen-bond acceptors (Lipinski definition) is 2. The van der Waals surface area contributed by atoms with Crippen molar-refractivity contribution in [2.45, 2.75) is 46.1 Å². The smallest absolute Gasteiger partial charge is 0.222 e. The van der Waals surface area contributed by atoms with Crippen LogP contribution in [0.1, 0.15) is 40.5 Å². The lowest BCUT2D eigenvalue weighted by Crippen LogP contribution is -2.44. The van der Waals surface area contributed by atoms with Crippen LogP contribution < -0.4 is 0 Å². The van der Waals surface area contributed by atoms with Crippen molar-refractivity contribution in [1.82, 2.24) is 9.80 Å². The molecule has 0 spiro atoms. The minimum atomic E-state index is 0.227. The molecule has 0 aliphatic carbocycles. The van der Waals surface area contributed by atoms with Gasteiger partial charge in [-0.15, -0.1) is 0 Å². The van der Waals surface area contributed by atoms with Crippen LogP contribution in [0.2, 0.25) is 0 Å². The van der Waals surface area contributed by atoms with Gasteiger partial charge in [0.15, 0.2) is 0 Å². The fourth-order valence-corrected chi connectivity index (χ4v) is 2.06. The minimum absolute atomic E-state index is 0.227. The summed E-state index contributed by atoms with van der Waals surface area (Å²) in [6, 6.07) is 0. The molecule has 0 aromatic carbocycles. The summed E-state index contributed by atoms with van der Waals surface area (Å²) >= 11 is 0. The van der Waals surface area contributed by atoms with E-state index < -0.39 is 0 Å². The first kappa shape index (κ1) is 12.5. The summed E-state index contributed by atoms with van der Waals surface area (Å²) in [5.41, 5.74) is 0.227. The number of nitrogens with zero attached hydrogens (tertiary/aromatic N) is 2. The first-order valence-electron chi connectivity index (χ1n) is 5.98. The summed E-state index contributed by atoms with van der Waals surface area (Å²) in [4.78, 5) is 16.1. The van der Waals surface area contributed by atoms with Gasteiger partial charge in [0.05, 0.1) is 0 Å². The Morgan fingerprint density at radius 1 is 1.13 bits per heavy atom. The van der Waals surface area contributed by atoms with Crippen molar-refractivity contribution < 1.29 is 4.79 Å². The lowest BCUT2D eigenvalue weighted by Gasteiger charge is -2.34. The number of carbonyl (C=O) groups excluding carboxylic acids is 1. The Bertz CT molecular complexity index is 220. The van der Waals surface area contributed by atoms with Crippen molar-refractivity contribution in [3.05, 3.63) is 0 Å². The van der Waals surface area contributed by atoms with Gasteiger partial charge in [0.2, 0.25) is 5.91 Å². The fourth-order valence-electron chi connectivity index (χ4n) is 2.06. The van der Waals surface area contributed by atoms with E-state index in [1.807, 2.05) is 11.8 Å². The number of hydrogen-bond donors (Lipinski definition) is 0. The number of amides is 1. The van der Waals surface area contributed by atoms with Gasteiger partial charge in [0.1, 0.15) is 0 Å². The molecule has 1 amide bonds. The molecule has 0 aromatic rings. The van der Waals surface area contributed by atoms with Gasteiger partial charge in [-0.05, 0) is 27.2 Å². The lowest BCUT2D eigenvalue weighted by atomic mass is 10.1. The maximum atomic E-state index is 11.6. The lowest BCUT2D eigenvalue weighted by molar-refractivity contribution is -0.130. The van der Waals surface area contributed by atoms with Gasteiger partial charge >= 0.3 is 0 Å². The van der Waals surface area contributed by atoms with Gasteiger partial charge < -0.3 is 4.90 Å². The van der Waals surface area contributed by atoms with Crippen molar-refractivity contribution in [1.29, 1.82) is 0 Å². The van der Waals surface area contributed by atoms with Crippen molar-refractivity contribution in [2.75, 3.05) is 26.2 Å². The Morgan fingerprint density at radius 3 is 2.33 bits per heavy atom. The summed E-state index contributed by atoms with van der Waals surface area (Å²) in [5.74, 6) is 0.297. The largest absolute Gasteiger partial charge is 0.341 e. The molecular weight excluding hydrogens is 188 g/mol. The van der Waals surface area contributed by atoms with Crippen molar-refractivity contribution >= 4 is 5.91 Å². The molecule has 0 bridgehead atoms. The monoisotopic (exact) mass is 212 g/mol. The molecule has 1 heterocycles. The summed E-state index contributed by atoms with van der Waals surface area (Å²) in [6.45, 7) is 12.6. The number of carbonyl (C=O) groups is 1. The van der Waals surface area contributed by atoms with E-state index in [9.17, 15) is 4.79 Å². The van der Waals surface area contributed by atoms with Crippen LogP contribution in [0.15, 0.2) is 0 Å². The maximum absolute atomic E-state index is 11.6. The minimum Gasteiger partial charge on any atom is -0.341 e. The van der Waals surface area contributed by atoms with Gasteiger partial charge in [-0.2, -0.15) is 0 Å². The van der Waals surface area contributed by atoms with E-state index in [2.05, 4.69) is 25.7 Å². The molecule has 0 saturated carbocycles. The standard InChI is InChI=1S/C12H24N2O/c1-5-11(15)13-7-6-8-14(10-9-13)12(2,3)4/h5-10H2,1-4H3. The van der Waals surface area contributed by atoms with Crippen molar-refractivity contribution in [3.8, 4) is 0 Å². The second-order valence-electron chi connectivity index (χ2n) is 5.25. The Balaban J connectivity index is 2.52. The molecule has 0 unspecified atom stereocenters. The molecule has 15 heavy (non-hydrogen) atoms. The molecule has 1 rings (SSSR count). The molecule has 0 aromatic heterocycles. The second kappa shape index (κ2) is 4.97. The highest BCUT2D eigenvalue weighted by Gasteiger charge is 2.25. The van der Waals surface area contributed by atoms with Crippen LogP contribution >= 0.6 is 0 Å². The first-order valence-corrected chi connectivity index (χ1v) is 5.98. The summed E-state index contributed by atoms with van der Waals surface area (Å²) < 4.78 is 0. The zero-order chi connectivity index (χ0) is 11.5. The topological polar surface area (TPSA) is 23.6 Å². The van der Waals surface area contributed by atoms with Gasteiger partial charge in [-0.25, -0.2) is 0 Å². The predicted octanol–water partition coefficient (Wildman–Crippen LogP) is 1.73. The first-order chi connectivity index (χ1) is 6.95. The molecule has 1 aliphatic rings. The van der Waals surface area contributed by atoms with E-state index in [0.717, 1.165) is 32.6 Å². The van der Waals surface area contributed by atoms with Gasteiger partial charge in [0.25, 0.3) is 0 Å². The van der Waals surface area contributed by atoms with E-state index in [1.165, 1.54) is 0 Å². The van der Waals surface area contributed by atoms with E-state index in [1.54, 1.807) is 0 Å². The molecule has 0 N–H and O–H groups in total. The van der Waals surface area contributed by atoms with E-state index in [0.29, 0.717) is 12.3 Å². The van der Waals surface area contributed by atoms with Crippen LogP contribution in [0.5, 0.6) is 0 Å². The maximum Gasteiger partial charge on any atom is 0.222 e. The second-order valence-corrected chi connectivity index (χ2v) is 5.25. The van der Waals surface area contributed by atoms with Crippen LogP contribution in [-0.2, 0) is 4.79 Å². The zero-order valence-corrected chi connectivity index (χ0v) is 10.5. The third kappa shape index (κ3) is 3.49. The highest BCUT2D eigenvalue weighted by atomic mass is 16.2. The van der Waals surface area contributed by atoms with Crippen LogP contribution in [-0.4, -0.2) is 47.4 Å². The number of rotatable bonds is 1. The molecule has 1 fully saturated rings. The third-order valence-corrected chi connectivity index (χ3v) is 3.10. The highest BCUT2D eigenvalue weighted by molar-refractivity contribution is 5.75. The SMILES string of the molecule is CCC(=O)N1CCCN(C(C)(C)C)CC1. The Hall–Kier alpha value is -0.570. The fraction of sp³-hybridized carbons (Fsp3) is 0.917. The van der Waals surface area contributed by atoms with Gasteiger partial charge in [-0.3, -0.25) is 9.69 Å². The average Bonchev–Trinajstić information content (AvgIpc) is 2.40. The molecule has 88 valence electrons. The van der Waals surface area contributed by atoms with Crippen LogP contribution in [0.4, 0.5) is 0 Å². The highest BCUT2D eigenvalue weighted by Crippen LogP contribution is 2.16. The molecule has 1 aliphatic heterocycles. The summed E-state index contributed by atoms with van der Waals surface area (Å²) in [5, 5.41) is 0. The molecular formula is C12H24N2O. The van der Waals surface area contributed by atoms with E-state index in [-0.39, 0.29) is 5.54 Å². The molecule has 3 heteroatoms. The van der Waals surface area contributed by atoms with Crippen LogP contribution in [0, 0.1) is 0 Å². The molecule has 3 nitrogen and oxygen atoms in total. The van der Waals surface area contributed by atoms with Crippen LogP contribution in [0.3, 0.4) is 0 Å². The third-order valence-electron chi connectivity index (χ3n) is 3.10. The Kier molecular flexibility index (Phi) is 4.14. The Labute approximate surface area is 93.4 Å². The quantitative estimate of drug-likeness (QED) is 0.661. The molecule has 1 saturated heterocycles. The average molecular weight is 212 g/mol. The van der Waals surface area contributed by atoms with Crippen LogP contribution in [0.25, 0.3) is 0 Å². The van der Waals surface area contributed by atoms with Gasteiger partial charge in [-0.1, -0.05) is 6.92 Å². The van der Waals surface area contributed by atoms with Gasteiger partial charge in [0, 0.05) is 38.1 Å². The van der Waals surface area contributed by atoms with E-state index >= 15 is 0 Å². The van der Waals surface area contributed by atoms with Crippen molar-refractivity contribution in [3.63, 3.8) is 0 Å². The molecule has 0 radical (unpaired) electrons.